The average Bonchev–Trinajstić information content (AvgIpc) is 3.35. The van der Waals surface area contributed by atoms with Crippen molar-refractivity contribution in [2.24, 2.45) is 0 Å². The highest BCUT2D eigenvalue weighted by molar-refractivity contribution is 8.00. The van der Waals surface area contributed by atoms with Crippen molar-refractivity contribution in [3.63, 3.8) is 0 Å². The van der Waals surface area contributed by atoms with Crippen LogP contribution in [-0.4, -0.2) is 16.6 Å². The molecule has 2 aromatic heterocycles. The van der Waals surface area contributed by atoms with Gasteiger partial charge in [0, 0.05) is 4.90 Å². The van der Waals surface area contributed by atoms with E-state index in [1.165, 1.54) is 22.9 Å². The SMILES string of the molecule is Cc1cc2nc(N(Cc3ccco3)C(=O)CSc3ccccc3)sc2cc1C. The molecule has 4 rings (SSSR count). The Hall–Kier alpha value is -2.57. The summed E-state index contributed by atoms with van der Waals surface area (Å²) in [5.74, 6) is 1.10. The Morgan fingerprint density at radius 3 is 2.64 bits per heavy atom. The molecule has 0 unspecified atom stereocenters. The smallest absolute Gasteiger partial charge is 0.239 e. The molecule has 1 amide bonds. The zero-order valence-electron chi connectivity index (χ0n) is 15.7. The van der Waals surface area contributed by atoms with Gasteiger partial charge in [0.2, 0.25) is 5.91 Å². The average molecular weight is 409 g/mol. The van der Waals surface area contributed by atoms with Gasteiger partial charge in [-0.15, -0.1) is 11.8 Å². The Kier molecular flexibility index (Phi) is 5.50. The van der Waals surface area contributed by atoms with Crippen LogP contribution >= 0.6 is 23.1 Å². The third-order valence-corrected chi connectivity index (χ3v) is 6.56. The van der Waals surface area contributed by atoms with Crippen molar-refractivity contribution < 1.29 is 9.21 Å². The van der Waals surface area contributed by atoms with E-state index in [9.17, 15) is 4.79 Å². The summed E-state index contributed by atoms with van der Waals surface area (Å²) in [6.07, 6.45) is 1.63. The van der Waals surface area contributed by atoms with Gasteiger partial charge in [-0.2, -0.15) is 0 Å². The van der Waals surface area contributed by atoms with Gasteiger partial charge in [0.05, 0.1) is 28.8 Å². The number of anilines is 1. The van der Waals surface area contributed by atoms with Crippen LogP contribution in [0.3, 0.4) is 0 Å². The van der Waals surface area contributed by atoms with E-state index in [-0.39, 0.29) is 5.91 Å². The fourth-order valence-electron chi connectivity index (χ4n) is 2.84. The lowest BCUT2D eigenvalue weighted by molar-refractivity contribution is -0.116. The highest BCUT2D eigenvalue weighted by Crippen LogP contribution is 2.32. The van der Waals surface area contributed by atoms with Crippen molar-refractivity contribution in [1.82, 2.24) is 4.98 Å². The topological polar surface area (TPSA) is 46.3 Å². The number of hydrogen-bond acceptors (Lipinski definition) is 5. The lowest BCUT2D eigenvalue weighted by Gasteiger charge is -2.18. The minimum atomic E-state index is 0.0118. The zero-order valence-corrected chi connectivity index (χ0v) is 17.3. The van der Waals surface area contributed by atoms with Gasteiger partial charge in [0.1, 0.15) is 5.76 Å². The van der Waals surface area contributed by atoms with E-state index in [0.717, 1.165) is 20.9 Å². The molecule has 142 valence electrons. The standard InChI is InChI=1S/C22H20N2O2S2/c1-15-11-19-20(12-16(15)2)28-22(23-19)24(13-17-7-6-10-26-17)21(25)14-27-18-8-4-3-5-9-18/h3-12H,13-14H2,1-2H3. The molecule has 0 saturated carbocycles. The fourth-order valence-corrected chi connectivity index (χ4v) is 4.70. The van der Waals surface area contributed by atoms with Crippen LogP contribution in [0.25, 0.3) is 10.2 Å². The summed E-state index contributed by atoms with van der Waals surface area (Å²) in [7, 11) is 0. The van der Waals surface area contributed by atoms with Crippen molar-refractivity contribution >= 4 is 44.4 Å². The first-order valence-electron chi connectivity index (χ1n) is 8.98. The first-order chi connectivity index (χ1) is 13.6. The molecule has 0 radical (unpaired) electrons. The minimum Gasteiger partial charge on any atom is -0.467 e. The number of aromatic nitrogens is 1. The highest BCUT2D eigenvalue weighted by atomic mass is 32.2. The summed E-state index contributed by atoms with van der Waals surface area (Å²) in [6.45, 7) is 4.55. The molecule has 0 spiro atoms. The molecule has 0 aliphatic heterocycles. The van der Waals surface area contributed by atoms with Crippen molar-refractivity contribution in [2.45, 2.75) is 25.3 Å². The number of thioether (sulfide) groups is 1. The summed E-state index contributed by atoms with van der Waals surface area (Å²) in [6, 6.07) is 17.9. The lowest BCUT2D eigenvalue weighted by atomic mass is 10.1. The number of nitrogens with zero attached hydrogens (tertiary/aromatic N) is 2. The van der Waals surface area contributed by atoms with Crippen molar-refractivity contribution in [1.29, 1.82) is 0 Å². The molecule has 2 heterocycles. The van der Waals surface area contributed by atoms with E-state index in [1.807, 2.05) is 42.5 Å². The molecule has 4 nitrogen and oxygen atoms in total. The number of carbonyl (C=O) groups excluding carboxylic acids is 1. The van der Waals surface area contributed by atoms with Crippen LogP contribution in [0.1, 0.15) is 16.9 Å². The fraction of sp³-hybridized carbons (Fsp3) is 0.182. The summed E-state index contributed by atoms with van der Waals surface area (Å²) < 4.78 is 6.58. The summed E-state index contributed by atoms with van der Waals surface area (Å²) in [5, 5.41) is 0.704. The van der Waals surface area contributed by atoms with E-state index in [0.29, 0.717) is 17.4 Å². The molecule has 0 aliphatic rings. The molecule has 4 aromatic rings. The number of benzene rings is 2. The van der Waals surface area contributed by atoms with Crippen LogP contribution in [0.5, 0.6) is 0 Å². The number of thiazole rings is 1. The van der Waals surface area contributed by atoms with Crippen LogP contribution in [0, 0.1) is 13.8 Å². The predicted molar refractivity (Wildman–Crippen MR) is 116 cm³/mol. The second-order valence-electron chi connectivity index (χ2n) is 6.56. The Bertz CT molecular complexity index is 1050. The van der Waals surface area contributed by atoms with Gasteiger partial charge in [-0.25, -0.2) is 4.98 Å². The van der Waals surface area contributed by atoms with Crippen LogP contribution in [0.2, 0.25) is 0 Å². The Morgan fingerprint density at radius 2 is 1.89 bits per heavy atom. The van der Waals surface area contributed by atoms with Gasteiger partial charge in [0.15, 0.2) is 5.13 Å². The van der Waals surface area contributed by atoms with E-state index in [1.54, 1.807) is 22.5 Å². The Morgan fingerprint density at radius 1 is 1.11 bits per heavy atom. The largest absolute Gasteiger partial charge is 0.467 e. The van der Waals surface area contributed by atoms with Crippen molar-refractivity contribution in [3.8, 4) is 0 Å². The minimum absolute atomic E-state index is 0.0118. The first-order valence-corrected chi connectivity index (χ1v) is 10.8. The Balaban J connectivity index is 1.62. The van der Waals surface area contributed by atoms with Gasteiger partial charge in [-0.3, -0.25) is 9.69 Å². The molecule has 0 N–H and O–H groups in total. The number of rotatable bonds is 6. The second-order valence-corrected chi connectivity index (χ2v) is 8.62. The maximum Gasteiger partial charge on any atom is 0.239 e. The number of fused-ring (bicyclic) bond motifs is 1. The molecule has 0 bridgehead atoms. The third-order valence-electron chi connectivity index (χ3n) is 4.52. The van der Waals surface area contributed by atoms with Gasteiger partial charge in [-0.1, -0.05) is 29.5 Å². The predicted octanol–water partition coefficient (Wildman–Crippen LogP) is 5.83. The van der Waals surface area contributed by atoms with Crippen molar-refractivity contribution in [3.05, 3.63) is 77.7 Å². The molecule has 6 heteroatoms. The molecule has 0 aliphatic carbocycles. The Labute approximate surface area is 172 Å². The highest BCUT2D eigenvalue weighted by Gasteiger charge is 2.21. The molecular weight excluding hydrogens is 388 g/mol. The summed E-state index contributed by atoms with van der Waals surface area (Å²) in [5.41, 5.74) is 3.36. The molecule has 0 fully saturated rings. The molecule has 0 saturated heterocycles. The first kappa shape index (κ1) is 18.8. The second kappa shape index (κ2) is 8.20. The number of furan rings is 1. The number of carbonyl (C=O) groups is 1. The third kappa shape index (κ3) is 4.13. The molecule has 0 atom stereocenters. The van der Waals surface area contributed by atoms with Gasteiger partial charge < -0.3 is 4.42 Å². The number of aryl methyl sites for hydroxylation is 2. The van der Waals surface area contributed by atoms with Gasteiger partial charge >= 0.3 is 0 Å². The molecule has 28 heavy (non-hydrogen) atoms. The molecule has 2 aromatic carbocycles. The van der Waals surface area contributed by atoms with Crippen LogP contribution in [0.4, 0.5) is 5.13 Å². The zero-order chi connectivity index (χ0) is 19.5. The van der Waals surface area contributed by atoms with Gasteiger partial charge in [-0.05, 0) is 61.4 Å². The van der Waals surface area contributed by atoms with E-state index in [4.69, 9.17) is 9.40 Å². The maximum absolute atomic E-state index is 13.1. The van der Waals surface area contributed by atoms with E-state index in [2.05, 4.69) is 26.0 Å². The summed E-state index contributed by atoms with van der Waals surface area (Å²) in [4.78, 5) is 20.6. The normalized spacial score (nSPS) is 11.1. The summed E-state index contributed by atoms with van der Waals surface area (Å²) >= 11 is 3.07. The number of hydrogen-bond donors (Lipinski definition) is 0. The van der Waals surface area contributed by atoms with Crippen molar-refractivity contribution in [2.75, 3.05) is 10.7 Å². The van der Waals surface area contributed by atoms with Crippen LogP contribution in [0.15, 0.2) is 70.2 Å². The van der Waals surface area contributed by atoms with E-state index < -0.39 is 0 Å². The maximum atomic E-state index is 13.1. The lowest BCUT2D eigenvalue weighted by Crippen LogP contribution is -2.31. The van der Waals surface area contributed by atoms with Crippen LogP contribution < -0.4 is 4.90 Å². The molecular formula is C22H20N2O2S2. The monoisotopic (exact) mass is 408 g/mol. The van der Waals surface area contributed by atoms with E-state index >= 15 is 0 Å². The van der Waals surface area contributed by atoms with Crippen LogP contribution in [-0.2, 0) is 11.3 Å². The quantitative estimate of drug-likeness (QED) is 0.377. The number of amides is 1. The van der Waals surface area contributed by atoms with Gasteiger partial charge in [0.25, 0.3) is 0 Å².